The van der Waals surface area contributed by atoms with E-state index in [1.807, 2.05) is 32.9 Å². The first-order valence-corrected chi connectivity index (χ1v) is 11.7. The molecule has 1 fully saturated rings. The molecule has 3 nitrogen and oxygen atoms in total. The summed E-state index contributed by atoms with van der Waals surface area (Å²) in [5.74, 6) is 2.34. The lowest BCUT2D eigenvalue weighted by Gasteiger charge is -2.30. The van der Waals surface area contributed by atoms with Crippen LogP contribution in [0.15, 0.2) is 47.1 Å². The van der Waals surface area contributed by atoms with Gasteiger partial charge in [0.25, 0.3) is 0 Å². The first-order chi connectivity index (χ1) is 12.7. The summed E-state index contributed by atoms with van der Waals surface area (Å²) in [7, 11) is -3.00. The van der Waals surface area contributed by atoms with Gasteiger partial charge in [-0.1, -0.05) is 37.1 Å². The van der Waals surface area contributed by atoms with E-state index in [2.05, 4.69) is 24.3 Å². The number of benzene rings is 1. The molecule has 4 heteroatoms. The number of aryl methyl sites for hydroxylation is 1. The van der Waals surface area contributed by atoms with Crippen LogP contribution in [0.1, 0.15) is 58.4 Å². The van der Waals surface area contributed by atoms with Gasteiger partial charge < -0.3 is 4.42 Å². The van der Waals surface area contributed by atoms with Gasteiger partial charge in [-0.2, -0.15) is 0 Å². The average molecular weight is 389 g/mol. The van der Waals surface area contributed by atoms with Gasteiger partial charge >= 0.3 is 0 Å². The zero-order valence-electron chi connectivity index (χ0n) is 16.8. The SMILES string of the molecule is CC(C)(C)S(=O)(=O)CC1CCC(CCc2ccc(-c3ccco3)cc2)CC1. The zero-order chi connectivity index (χ0) is 19.5. The lowest BCUT2D eigenvalue weighted by Crippen LogP contribution is -2.34. The molecule has 0 bridgehead atoms. The third kappa shape index (κ3) is 5.25. The van der Waals surface area contributed by atoms with Crippen molar-refractivity contribution in [1.82, 2.24) is 0 Å². The molecule has 1 aliphatic carbocycles. The van der Waals surface area contributed by atoms with Crippen molar-refractivity contribution in [2.45, 2.75) is 64.0 Å². The molecular formula is C23H32O3S. The minimum absolute atomic E-state index is 0.345. The molecule has 0 N–H and O–H groups in total. The largest absolute Gasteiger partial charge is 0.464 e. The average Bonchev–Trinajstić information content (AvgIpc) is 3.15. The Bertz CT molecular complexity index is 804. The molecular weight excluding hydrogens is 356 g/mol. The first-order valence-electron chi connectivity index (χ1n) is 10.1. The summed E-state index contributed by atoms with van der Waals surface area (Å²) in [6, 6.07) is 12.5. The Morgan fingerprint density at radius 2 is 1.59 bits per heavy atom. The normalized spacial score (nSPS) is 21.3. The van der Waals surface area contributed by atoms with Gasteiger partial charge in [0.1, 0.15) is 5.76 Å². The van der Waals surface area contributed by atoms with Gasteiger partial charge in [-0.05, 0) is 76.0 Å². The topological polar surface area (TPSA) is 47.3 Å². The highest BCUT2D eigenvalue weighted by Crippen LogP contribution is 2.34. The summed E-state index contributed by atoms with van der Waals surface area (Å²) in [5, 5.41) is 0. The van der Waals surface area contributed by atoms with E-state index in [4.69, 9.17) is 4.42 Å². The molecule has 0 aliphatic heterocycles. The highest BCUT2D eigenvalue weighted by Gasteiger charge is 2.33. The first kappa shape index (κ1) is 20.2. The van der Waals surface area contributed by atoms with Crippen molar-refractivity contribution in [2.24, 2.45) is 11.8 Å². The van der Waals surface area contributed by atoms with Crippen LogP contribution in [0, 0.1) is 11.8 Å². The summed E-state index contributed by atoms with van der Waals surface area (Å²) >= 11 is 0. The van der Waals surface area contributed by atoms with Crippen molar-refractivity contribution in [1.29, 1.82) is 0 Å². The third-order valence-electron chi connectivity index (χ3n) is 5.96. The molecule has 1 aliphatic rings. The molecule has 0 radical (unpaired) electrons. The second kappa shape index (κ2) is 8.22. The third-order valence-corrected chi connectivity index (χ3v) is 8.73. The van der Waals surface area contributed by atoms with E-state index < -0.39 is 14.6 Å². The molecule has 2 aromatic rings. The van der Waals surface area contributed by atoms with Crippen molar-refractivity contribution in [3.8, 4) is 11.3 Å². The lowest BCUT2D eigenvalue weighted by molar-refractivity contribution is 0.278. The van der Waals surface area contributed by atoms with Crippen LogP contribution < -0.4 is 0 Å². The summed E-state index contributed by atoms with van der Waals surface area (Å²) < 4.78 is 29.6. The second-order valence-corrected chi connectivity index (χ2v) is 11.8. The summed E-state index contributed by atoms with van der Waals surface area (Å²) in [6.45, 7) is 5.43. The minimum Gasteiger partial charge on any atom is -0.464 e. The van der Waals surface area contributed by atoms with E-state index in [-0.39, 0.29) is 0 Å². The Morgan fingerprint density at radius 3 is 2.15 bits per heavy atom. The number of sulfone groups is 1. The second-order valence-electron chi connectivity index (χ2n) is 8.99. The van der Waals surface area contributed by atoms with E-state index in [0.29, 0.717) is 11.7 Å². The van der Waals surface area contributed by atoms with Gasteiger partial charge in [0.2, 0.25) is 0 Å². The predicted octanol–water partition coefficient (Wildman–Crippen LogP) is 5.90. The number of furan rings is 1. The van der Waals surface area contributed by atoms with Gasteiger partial charge in [-0.25, -0.2) is 8.42 Å². The van der Waals surface area contributed by atoms with E-state index in [1.54, 1.807) is 6.26 Å². The Labute approximate surface area is 164 Å². The Balaban J connectivity index is 1.45. The summed E-state index contributed by atoms with van der Waals surface area (Å²) in [5.41, 5.74) is 2.48. The highest BCUT2D eigenvalue weighted by atomic mass is 32.2. The fourth-order valence-electron chi connectivity index (χ4n) is 3.90. The molecule has 1 aromatic heterocycles. The van der Waals surface area contributed by atoms with Gasteiger partial charge in [0, 0.05) is 5.56 Å². The van der Waals surface area contributed by atoms with Crippen molar-refractivity contribution < 1.29 is 12.8 Å². The van der Waals surface area contributed by atoms with Crippen LogP contribution in [0.2, 0.25) is 0 Å². The quantitative estimate of drug-likeness (QED) is 0.619. The van der Waals surface area contributed by atoms with Crippen LogP contribution in [-0.4, -0.2) is 18.9 Å². The van der Waals surface area contributed by atoms with E-state index in [9.17, 15) is 8.42 Å². The molecule has 0 spiro atoms. The summed E-state index contributed by atoms with van der Waals surface area (Å²) in [6.07, 6.45) is 8.41. The standard InChI is InChI=1S/C23H32O3S/c1-23(2,3)27(24,25)17-20-10-8-18(9-11-20)6-7-19-12-14-21(15-13-19)22-5-4-16-26-22/h4-5,12-16,18,20H,6-11,17H2,1-3H3. The Morgan fingerprint density at radius 1 is 0.963 bits per heavy atom. The number of hydrogen-bond acceptors (Lipinski definition) is 3. The Hall–Kier alpha value is -1.55. The van der Waals surface area contributed by atoms with Gasteiger partial charge in [-0.3, -0.25) is 0 Å². The van der Waals surface area contributed by atoms with Crippen molar-refractivity contribution in [2.75, 3.05) is 5.75 Å². The van der Waals surface area contributed by atoms with Crippen LogP contribution in [-0.2, 0) is 16.3 Å². The summed E-state index contributed by atoms with van der Waals surface area (Å²) in [4.78, 5) is 0. The zero-order valence-corrected chi connectivity index (χ0v) is 17.6. The maximum absolute atomic E-state index is 12.4. The molecule has 1 aromatic carbocycles. The van der Waals surface area contributed by atoms with Crippen molar-refractivity contribution in [3.63, 3.8) is 0 Å². The van der Waals surface area contributed by atoms with E-state index in [0.717, 1.165) is 49.3 Å². The van der Waals surface area contributed by atoms with Crippen LogP contribution in [0.3, 0.4) is 0 Å². The molecule has 1 heterocycles. The van der Waals surface area contributed by atoms with Crippen LogP contribution in [0.5, 0.6) is 0 Å². The molecule has 3 rings (SSSR count). The lowest BCUT2D eigenvalue weighted by atomic mass is 9.80. The molecule has 0 saturated heterocycles. The molecule has 27 heavy (non-hydrogen) atoms. The Kier molecular flexibility index (Phi) is 6.15. The molecule has 0 unspecified atom stereocenters. The minimum atomic E-state index is -3.00. The van der Waals surface area contributed by atoms with E-state index in [1.165, 1.54) is 12.0 Å². The monoisotopic (exact) mass is 388 g/mol. The van der Waals surface area contributed by atoms with Crippen molar-refractivity contribution >= 4 is 9.84 Å². The van der Waals surface area contributed by atoms with Crippen LogP contribution in [0.25, 0.3) is 11.3 Å². The fraction of sp³-hybridized carbons (Fsp3) is 0.565. The van der Waals surface area contributed by atoms with Crippen molar-refractivity contribution in [3.05, 3.63) is 48.2 Å². The fourth-order valence-corrected chi connectivity index (χ4v) is 5.35. The maximum Gasteiger partial charge on any atom is 0.155 e. The molecule has 1 saturated carbocycles. The van der Waals surface area contributed by atoms with Gasteiger partial charge in [0.05, 0.1) is 16.8 Å². The van der Waals surface area contributed by atoms with E-state index >= 15 is 0 Å². The van der Waals surface area contributed by atoms with Gasteiger partial charge in [0.15, 0.2) is 9.84 Å². The maximum atomic E-state index is 12.4. The predicted molar refractivity (Wildman–Crippen MR) is 111 cm³/mol. The molecule has 0 amide bonds. The van der Waals surface area contributed by atoms with Crippen LogP contribution in [0.4, 0.5) is 0 Å². The molecule has 148 valence electrons. The highest BCUT2D eigenvalue weighted by molar-refractivity contribution is 7.92. The van der Waals surface area contributed by atoms with Gasteiger partial charge in [-0.15, -0.1) is 0 Å². The van der Waals surface area contributed by atoms with Crippen LogP contribution >= 0.6 is 0 Å². The number of rotatable bonds is 6. The smallest absolute Gasteiger partial charge is 0.155 e. The molecule has 0 atom stereocenters. The number of hydrogen-bond donors (Lipinski definition) is 0.